The van der Waals surface area contributed by atoms with E-state index in [2.05, 4.69) is 5.32 Å². The number of carbonyl (C=O) groups excluding carboxylic acids is 1. The lowest BCUT2D eigenvalue weighted by Gasteiger charge is -2.23. The summed E-state index contributed by atoms with van der Waals surface area (Å²) in [5, 5.41) is 2.99. The standard InChI is InChI=1S/C22H28N2O3S/c1-17-10-12-21(13-11-17)28(26,27)24(15-19-7-5-6-18(2)14-19)16-22(25)23-20-8-3-4-9-20/h5-7,10-14,20H,3-4,8-9,15-16H2,1-2H3,(H,23,25). The van der Waals surface area contributed by atoms with E-state index in [1.165, 1.54) is 4.31 Å². The number of amides is 1. The van der Waals surface area contributed by atoms with Gasteiger partial charge in [-0.2, -0.15) is 4.31 Å². The molecule has 2 aromatic rings. The number of rotatable bonds is 7. The number of nitrogens with one attached hydrogen (secondary N) is 1. The van der Waals surface area contributed by atoms with Crippen molar-refractivity contribution in [1.29, 1.82) is 0 Å². The molecule has 0 spiro atoms. The molecular formula is C22H28N2O3S. The van der Waals surface area contributed by atoms with Gasteiger partial charge in [0.05, 0.1) is 11.4 Å². The van der Waals surface area contributed by atoms with Crippen LogP contribution in [0.3, 0.4) is 0 Å². The minimum Gasteiger partial charge on any atom is -0.352 e. The Morgan fingerprint density at radius 1 is 1.04 bits per heavy atom. The van der Waals surface area contributed by atoms with Gasteiger partial charge in [-0.3, -0.25) is 4.79 Å². The highest BCUT2D eigenvalue weighted by Crippen LogP contribution is 2.21. The van der Waals surface area contributed by atoms with Crippen LogP contribution in [0.1, 0.15) is 42.4 Å². The molecule has 0 aliphatic heterocycles. The second-order valence-electron chi connectivity index (χ2n) is 7.62. The van der Waals surface area contributed by atoms with Gasteiger partial charge < -0.3 is 5.32 Å². The van der Waals surface area contributed by atoms with Crippen molar-refractivity contribution in [2.75, 3.05) is 6.54 Å². The lowest BCUT2D eigenvalue weighted by atomic mass is 10.1. The lowest BCUT2D eigenvalue weighted by Crippen LogP contribution is -2.43. The number of aryl methyl sites for hydroxylation is 2. The Balaban J connectivity index is 1.84. The minimum atomic E-state index is -3.79. The van der Waals surface area contributed by atoms with Gasteiger partial charge in [0.1, 0.15) is 0 Å². The zero-order valence-corrected chi connectivity index (χ0v) is 17.3. The van der Waals surface area contributed by atoms with E-state index in [0.29, 0.717) is 0 Å². The molecule has 1 saturated carbocycles. The minimum absolute atomic E-state index is 0.162. The summed E-state index contributed by atoms with van der Waals surface area (Å²) in [7, 11) is -3.79. The van der Waals surface area contributed by atoms with Gasteiger partial charge in [-0.15, -0.1) is 0 Å². The first-order valence-electron chi connectivity index (χ1n) is 9.76. The average molecular weight is 401 g/mol. The predicted molar refractivity (Wildman–Crippen MR) is 110 cm³/mol. The van der Waals surface area contributed by atoms with Crippen molar-refractivity contribution in [2.45, 2.75) is 57.0 Å². The molecule has 2 aromatic carbocycles. The Kier molecular flexibility index (Phi) is 6.52. The third kappa shape index (κ3) is 5.20. The van der Waals surface area contributed by atoms with Crippen LogP contribution in [0.5, 0.6) is 0 Å². The largest absolute Gasteiger partial charge is 0.352 e. The Labute approximate surface area is 167 Å². The molecule has 5 nitrogen and oxygen atoms in total. The maximum Gasteiger partial charge on any atom is 0.243 e. The maximum absolute atomic E-state index is 13.3. The fraction of sp³-hybridized carbons (Fsp3) is 0.409. The van der Waals surface area contributed by atoms with Crippen molar-refractivity contribution in [1.82, 2.24) is 9.62 Å². The Morgan fingerprint density at radius 2 is 1.71 bits per heavy atom. The van der Waals surface area contributed by atoms with E-state index in [1.54, 1.807) is 24.3 Å². The van der Waals surface area contributed by atoms with Gasteiger partial charge in [0, 0.05) is 12.6 Å². The molecule has 150 valence electrons. The van der Waals surface area contributed by atoms with Gasteiger partial charge in [0.15, 0.2) is 0 Å². The first-order chi connectivity index (χ1) is 13.3. The molecule has 1 aliphatic rings. The van der Waals surface area contributed by atoms with Crippen molar-refractivity contribution in [3.63, 3.8) is 0 Å². The van der Waals surface area contributed by atoms with E-state index in [-0.39, 0.29) is 29.9 Å². The van der Waals surface area contributed by atoms with E-state index >= 15 is 0 Å². The normalized spacial score (nSPS) is 15.1. The third-order valence-electron chi connectivity index (χ3n) is 5.14. The molecule has 0 heterocycles. The van der Waals surface area contributed by atoms with Crippen LogP contribution in [0.25, 0.3) is 0 Å². The molecule has 1 amide bonds. The summed E-state index contributed by atoms with van der Waals surface area (Å²) in [6, 6.07) is 14.6. The van der Waals surface area contributed by atoms with E-state index in [0.717, 1.165) is 42.4 Å². The van der Waals surface area contributed by atoms with E-state index in [9.17, 15) is 13.2 Å². The second-order valence-corrected chi connectivity index (χ2v) is 9.56. The van der Waals surface area contributed by atoms with Crippen molar-refractivity contribution in [3.05, 3.63) is 65.2 Å². The quantitative estimate of drug-likeness (QED) is 0.773. The number of carbonyl (C=O) groups is 1. The maximum atomic E-state index is 13.3. The lowest BCUT2D eigenvalue weighted by molar-refractivity contribution is -0.122. The molecule has 1 fully saturated rings. The molecule has 0 unspecified atom stereocenters. The summed E-state index contributed by atoms with van der Waals surface area (Å²) in [4.78, 5) is 12.8. The van der Waals surface area contributed by atoms with Crippen LogP contribution >= 0.6 is 0 Å². The monoisotopic (exact) mass is 400 g/mol. The molecule has 0 bridgehead atoms. The summed E-state index contributed by atoms with van der Waals surface area (Å²) in [5.41, 5.74) is 2.91. The summed E-state index contributed by atoms with van der Waals surface area (Å²) in [6.45, 7) is 3.86. The van der Waals surface area contributed by atoms with Gasteiger partial charge in [-0.1, -0.05) is 60.4 Å². The van der Waals surface area contributed by atoms with Crippen LogP contribution in [-0.4, -0.2) is 31.2 Å². The molecular weight excluding hydrogens is 372 g/mol. The number of sulfonamides is 1. The van der Waals surface area contributed by atoms with Crippen LogP contribution in [0.15, 0.2) is 53.4 Å². The Morgan fingerprint density at radius 3 is 2.36 bits per heavy atom. The van der Waals surface area contributed by atoms with Crippen LogP contribution in [0, 0.1) is 13.8 Å². The van der Waals surface area contributed by atoms with Gasteiger partial charge in [-0.05, 0) is 44.4 Å². The van der Waals surface area contributed by atoms with E-state index < -0.39 is 10.0 Å². The number of nitrogens with zero attached hydrogens (tertiary/aromatic N) is 1. The molecule has 3 rings (SSSR count). The van der Waals surface area contributed by atoms with Gasteiger partial charge in [0.25, 0.3) is 0 Å². The fourth-order valence-electron chi connectivity index (χ4n) is 3.60. The first-order valence-corrected chi connectivity index (χ1v) is 11.2. The summed E-state index contributed by atoms with van der Waals surface area (Å²) < 4.78 is 27.8. The van der Waals surface area contributed by atoms with Gasteiger partial charge >= 0.3 is 0 Å². The molecule has 0 radical (unpaired) electrons. The van der Waals surface area contributed by atoms with Crippen molar-refractivity contribution < 1.29 is 13.2 Å². The number of hydrogen-bond donors (Lipinski definition) is 1. The zero-order valence-electron chi connectivity index (χ0n) is 16.5. The Hall–Kier alpha value is -2.18. The highest BCUT2D eigenvalue weighted by molar-refractivity contribution is 7.89. The first kappa shape index (κ1) is 20.6. The molecule has 1 aliphatic carbocycles. The van der Waals surface area contributed by atoms with Crippen molar-refractivity contribution in [2.24, 2.45) is 0 Å². The summed E-state index contributed by atoms with van der Waals surface area (Å²) in [5.74, 6) is -0.241. The van der Waals surface area contributed by atoms with Crippen LogP contribution < -0.4 is 5.32 Å². The fourth-order valence-corrected chi connectivity index (χ4v) is 4.99. The molecule has 28 heavy (non-hydrogen) atoms. The Bertz CT molecular complexity index is 917. The molecule has 0 aromatic heterocycles. The van der Waals surface area contributed by atoms with Gasteiger partial charge in [-0.25, -0.2) is 8.42 Å². The summed E-state index contributed by atoms with van der Waals surface area (Å²) in [6.07, 6.45) is 4.15. The van der Waals surface area contributed by atoms with Gasteiger partial charge in [0.2, 0.25) is 15.9 Å². The average Bonchev–Trinajstić information content (AvgIpc) is 3.14. The van der Waals surface area contributed by atoms with E-state index in [1.807, 2.05) is 38.1 Å². The van der Waals surface area contributed by atoms with Crippen molar-refractivity contribution >= 4 is 15.9 Å². The molecule has 0 saturated heterocycles. The zero-order chi connectivity index (χ0) is 20.1. The molecule has 0 atom stereocenters. The third-order valence-corrected chi connectivity index (χ3v) is 6.95. The highest BCUT2D eigenvalue weighted by atomic mass is 32.2. The SMILES string of the molecule is Cc1ccc(S(=O)(=O)N(CC(=O)NC2CCCC2)Cc2cccc(C)c2)cc1. The molecule has 6 heteroatoms. The predicted octanol–water partition coefficient (Wildman–Crippen LogP) is 3.55. The number of benzene rings is 2. The smallest absolute Gasteiger partial charge is 0.243 e. The van der Waals surface area contributed by atoms with Crippen LogP contribution in [0.2, 0.25) is 0 Å². The summed E-state index contributed by atoms with van der Waals surface area (Å²) >= 11 is 0. The topological polar surface area (TPSA) is 66.5 Å². The highest BCUT2D eigenvalue weighted by Gasteiger charge is 2.28. The van der Waals surface area contributed by atoms with Crippen LogP contribution in [0.4, 0.5) is 0 Å². The number of hydrogen-bond acceptors (Lipinski definition) is 3. The van der Waals surface area contributed by atoms with E-state index in [4.69, 9.17) is 0 Å². The second kappa shape index (κ2) is 8.88. The van der Waals surface area contributed by atoms with Crippen LogP contribution in [-0.2, 0) is 21.4 Å². The van der Waals surface area contributed by atoms with Crippen molar-refractivity contribution in [3.8, 4) is 0 Å². The molecule has 1 N–H and O–H groups in total.